The molecule has 22 heavy (non-hydrogen) atoms. The largest absolute Gasteiger partial charge is 0.484 e. The lowest BCUT2D eigenvalue weighted by Crippen LogP contribution is -2.40. The van der Waals surface area contributed by atoms with E-state index in [0.29, 0.717) is 16.7 Å². The molecule has 0 aliphatic carbocycles. The number of carbonyl (C=O) groups is 1. The highest BCUT2D eigenvalue weighted by Gasteiger charge is 2.11. The minimum atomic E-state index is -0.349. The van der Waals surface area contributed by atoms with Gasteiger partial charge in [0.05, 0.1) is 0 Å². The van der Waals surface area contributed by atoms with Crippen LogP contribution >= 0.6 is 24.0 Å². The molecule has 0 fully saturated rings. The predicted octanol–water partition coefficient (Wildman–Crippen LogP) is 1.33. The highest BCUT2D eigenvalue weighted by atomic mass is 32.2. The minimum absolute atomic E-state index is 0.123. The lowest BCUT2D eigenvalue weighted by molar-refractivity contribution is -0.121. The zero-order valence-corrected chi connectivity index (χ0v) is 13.7. The van der Waals surface area contributed by atoms with E-state index >= 15 is 0 Å². The third kappa shape index (κ3) is 4.43. The van der Waals surface area contributed by atoms with E-state index in [1.54, 1.807) is 23.7 Å². The number of aromatic nitrogens is 3. The van der Waals surface area contributed by atoms with Crippen LogP contribution in [0, 0.1) is 6.92 Å². The van der Waals surface area contributed by atoms with Crippen LogP contribution in [0.4, 0.5) is 0 Å². The topological polar surface area (TPSA) is 81.1 Å². The summed E-state index contributed by atoms with van der Waals surface area (Å²) in [5.41, 5.74) is 2.85. The molecule has 7 nitrogen and oxygen atoms in total. The Morgan fingerprint density at radius 2 is 2.09 bits per heavy atom. The standard InChI is InChI=1S/C13H15N5O2S2/c1-9-15-16-13(22-2)18(9)17-12(21)14-11(19)8-20-10-6-4-3-5-7-10/h3-7H,8H2,1-2H3,(H2,14,17,19,21). The fraction of sp³-hybridized carbons (Fsp3) is 0.231. The van der Waals surface area contributed by atoms with Crippen molar-refractivity contribution in [2.45, 2.75) is 12.1 Å². The molecular weight excluding hydrogens is 322 g/mol. The van der Waals surface area contributed by atoms with E-state index < -0.39 is 0 Å². The van der Waals surface area contributed by atoms with Crippen LogP contribution in [0.2, 0.25) is 0 Å². The predicted molar refractivity (Wildman–Crippen MR) is 88.6 cm³/mol. The number of para-hydroxylation sites is 1. The quantitative estimate of drug-likeness (QED) is 0.629. The Hall–Kier alpha value is -2.13. The molecule has 0 saturated carbocycles. The summed E-state index contributed by atoms with van der Waals surface area (Å²) in [7, 11) is 0. The van der Waals surface area contributed by atoms with Crippen molar-refractivity contribution in [1.82, 2.24) is 20.2 Å². The number of amides is 1. The molecule has 1 heterocycles. The van der Waals surface area contributed by atoms with Gasteiger partial charge in [0.15, 0.2) is 11.7 Å². The summed E-state index contributed by atoms with van der Waals surface area (Å²) in [6.07, 6.45) is 1.87. The summed E-state index contributed by atoms with van der Waals surface area (Å²) in [6, 6.07) is 9.08. The van der Waals surface area contributed by atoms with Crippen molar-refractivity contribution in [3.63, 3.8) is 0 Å². The van der Waals surface area contributed by atoms with Crippen LogP contribution in [0.3, 0.4) is 0 Å². The van der Waals surface area contributed by atoms with Gasteiger partial charge in [0.25, 0.3) is 5.91 Å². The van der Waals surface area contributed by atoms with E-state index in [2.05, 4.69) is 20.9 Å². The van der Waals surface area contributed by atoms with Gasteiger partial charge in [-0.2, -0.15) is 0 Å². The summed E-state index contributed by atoms with van der Waals surface area (Å²) in [6.45, 7) is 1.66. The van der Waals surface area contributed by atoms with E-state index in [1.807, 2.05) is 24.5 Å². The molecule has 2 aromatic rings. The third-order valence-corrected chi connectivity index (χ3v) is 3.38. The molecule has 0 unspecified atom stereocenters. The smallest absolute Gasteiger partial charge is 0.264 e. The summed E-state index contributed by atoms with van der Waals surface area (Å²) >= 11 is 6.51. The van der Waals surface area contributed by atoms with E-state index in [0.717, 1.165) is 0 Å². The molecule has 0 saturated heterocycles. The zero-order valence-electron chi connectivity index (χ0n) is 12.1. The fourth-order valence-corrected chi connectivity index (χ4v) is 2.25. The first-order chi connectivity index (χ1) is 10.6. The van der Waals surface area contributed by atoms with Crippen LogP contribution in [0.1, 0.15) is 5.82 Å². The van der Waals surface area contributed by atoms with Crippen LogP contribution in [0.15, 0.2) is 35.5 Å². The van der Waals surface area contributed by atoms with Gasteiger partial charge in [0.2, 0.25) is 5.16 Å². The molecule has 0 bridgehead atoms. The van der Waals surface area contributed by atoms with Gasteiger partial charge in [-0.1, -0.05) is 30.0 Å². The van der Waals surface area contributed by atoms with Crippen molar-refractivity contribution in [2.75, 3.05) is 18.3 Å². The number of nitrogens with zero attached hydrogens (tertiary/aromatic N) is 3. The van der Waals surface area contributed by atoms with Crippen LogP contribution in [-0.4, -0.2) is 38.8 Å². The molecule has 1 aromatic heterocycles. The van der Waals surface area contributed by atoms with Crippen LogP contribution in [0.5, 0.6) is 5.75 Å². The van der Waals surface area contributed by atoms with Gasteiger partial charge in [0, 0.05) is 0 Å². The van der Waals surface area contributed by atoms with Gasteiger partial charge in [-0.3, -0.25) is 15.5 Å². The Kier molecular flexibility index (Phi) is 5.73. The second kappa shape index (κ2) is 7.76. The second-order valence-corrected chi connectivity index (χ2v) is 5.34. The van der Waals surface area contributed by atoms with Crippen molar-refractivity contribution in [2.24, 2.45) is 0 Å². The first-order valence-corrected chi connectivity index (χ1v) is 7.98. The third-order valence-electron chi connectivity index (χ3n) is 2.56. The summed E-state index contributed by atoms with van der Waals surface area (Å²) in [5, 5.41) is 11.2. The molecular formula is C13H15N5O2S2. The highest BCUT2D eigenvalue weighted by Crippen LogP contribution is 2.10. The SMILES string of the molecule is CSc1nnc(C)n1NC(=S)NC(=O)COc1ccccc1. The summed E-state index contributed by atoms with van der Waals surface area (Å²) in [4.78, 5) is 11.8. The Balaban J connectivity index is 1.84. The van der Waals surface area contributed by atoms with Gasteiger partial charge in [-0.25, -0.2) is 4.68 Å². The molecule has 1 amide bonds. The fourth-order valence-electron chi connectivity index (χ4n) is 1.56. The van der Waals surface area contributed by atoms with E-state index in [4.69, 9.17) is 17.0 Å². The van der Waals surface area contributed by atoms with Crippen LogP contribution in [-0.2, 0) is 4.79 Å². The Bertz CT molecular complexity index is 660. The first-order valence-electron chi connectivity index (χ1n) is 6.35. The van der Waals surface area contributed by atoms with Crippen molar-refractivity contribution < 1.29 is 9.53 Å². The van der Waals surface area contributed by atoms with Crippen molar-refractivity contribution >= 4 is 35.0 Å². The molecule has 0 aliphatic rings. The Labute approximate surface area is 137 Å². The molecule has 2 rings (SSSR count). The molecule has 0 radical (unpaired) electrons. The summed E-state index contributed by atoms with van der Waals surface area (Å²) in [5.74, 6) is 0.912. The lowest BCUT2D eigenvalue weighted by Gasteiger charge is -2.12. The molecule has 9 heteroatoms. The maximum atomic E-state index is 11.8. The van der Waals surface area contributed by atoms with Crippen molar-refractivity contribution in [3.8, 4) is 5.75 Å². The molecule has 2 N–H and O–H groups in total. The lowest BCUT2D eigenvalue weighted by atomic mass is 10.3. The summed E-state index contributed by atoms with van der Waals surface area (Å²) < 4.78 is 6.94. The second-order valence-electron chi connectivity index (χ2n) is 4.16. The van der Waals surface area contributed by atoms with Gasteiger partial charge >= 0.3 is 0 Å². The molecule has 116 valence electrons. The van der Waals surface area contributed by atoms with Crippen molar-refractivity contribution in [1.29, 1.82) is 0 Å². The Morgan fingerprint density at radius 1 is 1.36 bits per heavy atom. The van der Waals surface area contributed by atoms with Gasteiger partial charge in [-0.15, -0.1) is 10.2 Å². The molecule has 0 aliphatic heterocycles. The normalized spacial score (nSPS) is 10.1. The van der Waals surface area contributed by atoms with E-state index in [1.165, 1.54) is 11.8 Å². The zero-order chi connectivity index (χ0) is 15.9. The number of ether oxygens (including phenoxy) is 1. The van der Waals surface area contributed by atoms with E-state index in [-0.39, 0.29) is 17.6 Å². The number of nitrogens with one attached hydrogen (secondary N) is 2. The Morgan fingerprint density at radius 3 is 2.77 bits per heavy atom. The molecule has 1 aromatic carbocycles. The molecule has 0 atom stereocenters. The van der Waals surface area contributed by atoms with Crippen LogP contribution < -0.4 is 15.5 Å². The highest BCUT2D eigenvalue weighted by molar-refractivity contribution is 7.98. The first kappa shape index (κ1) is 16.2. The number of hydrogen-bond donors (Lipinski definition) is 2. The van der Waals surface area contributed by atoms with Gasteiger partial charge < -0.3 is 4.74 Å². The average Bonchev–Trinajstić information content (AvgIpc) is 2.86. The number of carbonyl (C=O) groups excluding carboxylic acids is 1. The molecule has 0 spiro atoms. The number of thiocarbonyl (C=S) groups is 1. The number of thioether (sulfide) groups is 1. The van der Waals surface area contributed by atoms with Gasteiger partial charge in [0.1, 0.15) is 11.6 Å². The number of hydrogen-bond acceptors (Lipinski definition) is 6. The van der Waals surface area contributed by atoms with Crippen molar-refractivity contribution in [3.05, 3.63) is 36.2 Å². The number of rotatable bonds is 5. The maximum absolute atomic E-state index is 11.8. The van der Waals surface area contributed by atoms with E-state index in [9.17, 15) is 4.79 Å². The number of aryl methyl sites for hydroxylation is 1. The minimum Gasteiger partial charge on any atom is -0.484 e. The van der Waals surface area contributed by atoms with Crippen LogP contribution in [0.25, 0.3) is 0 Å². The maximum Gasteiger partial charge on any atom is 0.264 e. The van der Waals surface area contributed by atoms with Gasteiger partial charge in [-0.05, 0) is 37.5 Å². The monoisotopic (exact) mass is 337 g/mol. The average molecular weight is 337 g/mol. The number of benzene rings is 1.